The molecular formula is C16H22ClNO. The lowest BCUT2D eigenvalue weighted by Gasteiger charge is -2.25. The van der Waals surface area contributed by atoms with Crippen LogP contribution in [0.25, 0.3) is 0 Å². The van der Waals surface area contributed by atoms with Gasteiger partial charge in [0.05, 0.1) is 6.04 Å². The van der Waals surface area contributed by atoms with Crippen LogP contribution in [-0.2, 0) is 0 Å². The summed E-state index contributed by atoms with van der Waals surface area (Å²) in [5.41, 5.74) is 2.01. The Balaban J connectivity index is 0.00000180. The Morgan fingerprint density at radius 2 is 1.89 bits per heavy atom. The lowest BCUT2D eigenvalue weighted by Crippen LogP contribution is -2.39. The molecule has 3 heteroatoms. The molecule has 1 fully saturated rings. The first-order chi connectivity index (χ1) is 8.72. The molecule has 1 heterocycles. The van der Waals surface area contributed by atoms with Crippen molar-refractivity contribution in [2.75, 3.05) is 13.1 Å². The molecular weight excluding hydrogens is 258 g/mol. The van der Waals surface area contributed by atoms with Gasteiger partial charge in [0.15, 0.2) is 5.78 Å². The Labute approximate surface area is 121 Å². The number of carbonyl (C=O) groups excluding carboxylic acids is 1. The molecule has 1 aromatic carbocycles. The molecule has 1 aromatic rings. The van der Waals surface area contributed by atoms with Crippen LogP contribution in [-0.4, -0.2) is 29.8 Å². The zero-order valence-electron chi connectivity index (χ0n) is 11.5. The first-order valence-electron chi connectivity index (χ1n) is 6.68. The van der Waals surface area contributed by atoms with E-state index in [-0.39, 0.29) is 24.2 Å². The summed E-state index contributed by atoms with van der Waals surface area (Å²) in [6, 6.07) is 7.85. The Morgan fingerprint density at radius 3 is 2.42 bits per heavy atom. The maximum atomic E-state index is 12.5. The van der Waals surface area contributed by atoms with Gasteiger partial charge in [0, 0.05) is 5.56 Å². The van der Waals surface area contributed by atoms with Crippen molar-refractivity contribution in [1.82, 2.24) is 4.90 Å². The molecule has 0 amide bonds. The second-order valence-corrected chi connectivity index (χ2v) is 5.01. The van der Waals surface area contributed by atoms with Gasteiger partial charge in [-0.15, -0.1) is 19.0 Å². The van der Waals surface area contributed by atoms with Crippen LogP contribution in [0.3, 0.4) is 0 Å². The molecule has 1 saturated heterocycles. The largest absolute Gasteiger partial charge is 0.293 e. The topological polar surface area (TPSA) is 20.3 Å². The summed E-state index contributed by atoms with van der Waals surface area (Å²) in [5.74, 6) is 0.233. The van der Waals surface area contributed by atoms with Crippen LogP contribution < -0.4 is 0 Å². The average Bonchev–Trinajstić information content (AvgIpc) is 2.90. The normalized spacial score (nSPS) is 16.7. The van der Waals surface area contributed by atoms with E-state index in [0.29, 0.717) is 0 Å². The predicted molar refractivity (Wildman–Crippen MR) is 82.2 cm³/mol. The molecule has 2 nitrogen and oxygen atoms in total. The van der Waals surface area contributed by atoms with Crippen molar-refractivity contribution in [3.8, 4) is 0 Å². The van der Waals surface area contributed by atoms with Gasteiger partial charge in [-0.1, -0.05) is 35.9 Å². The quantitative estimate of drug-likeness (QED) is 0.606. The molecule has 0 aliphatic carbocycles. The zero-order valence-corrected chi connectivity index (χ0v) is 12.3. The van der Waals surface area contributed by atoms with E-state index in [4.69, 9.17) is 0 Å². The number of hydrogen-bond acceptors (Lipinski definition) is 2. The van der Waals surface area contributed by atoms with Crippen molar-refractivity contribution in [3.63, 3.8) is 0 Å². The summed E-state index contributed by atoms with van der Waals surface area (Å²) >= 11 is 0. The molecule has 1 atom stereocenters. The summed E-state index contributed by atoms with van der Waals surface area (Å²) in [5, 5.41) is 0. The van der Waals surface area contributed by atoms with Gasteiger partial charge in [-0.25, -0.2) is 0 Å². The van der Waals surface area contributed by atoms with Gasteiger partial charge < -0.3 is 0 Å². The van der Waals surface area contributed by atoms with Crippen LogP contribution in [0.15, 0.2) is 36.9 Å². The maximum absolute atomic E-state index is 12.5. The van der Waals surface area contributed by atoms with E-state index < -0.39 is 0 Å². The number of carbonyl (C=O) groups is 1. The smallest absolute Gasteiger partial charge is 0.180 e. The Hall–Kier alpha value is -1.12. The van der Waals surface area contributed by atoms with Gasteiger partial charge in [0.2, 0.25) is 0 Å². The van der Waals surface area contributed by atoms with Crippen LogP contribution in [0.1, 0.15) is 35.2 Å². The van der Waals surface area contributed by atoms with Crippen molar-refractivity contribution in [2.24, 2.45) is 0 Å². The second kappa shape index (κ2) is 7.46. The Bertz CT molecular complexity index is 421. The van der Waals surface area contributed by atoms with E-state index in [0.717, 1.165) is 25.1 Å². The number of likely N-dealkylation sites (tertiary alicyclic amines) is 1. The van der Waals surface area contributed by atoms with Gasteiger partial charge in [-0.3, -0.25) is 9.69 Å². The fourth-order valence-electron chi connectivity index (χ4n) is 2.54. The summed E-state index contributed by atoms with van der Waals surface area (Å²) < 4.78 is 0. The number of hydrogen-bond donors (Lipinski definition) is 0. The molecule has 19 heavy (non-hydrogen) atoms. The first-order valence-corrected chi connectivity index (χ1v) is 6.68. The van der Waals surface area contributed by atoms with Gasteiger partial charge in [-0.05, 0) is 39.3 Å². The molecule has 0 aromatic heterocycles. The molecule has 1 aliphatic rings. The SMILES string of the molecule is C=CCC(C(=O)c1ccc(C)cc1)N1CCCC1.Cl. The molecule has 1 unspecified atom stereocenters. The van der Waals surface area contributed by atoms with Crippen molar-refractivity contribution in [3.05, 3.63) is 48.0 Å². The molecule has 0 N–H and O–H groups in total. The average molecular weight is 280 g/mol. The van der Waals surface area contributed by atoms with Gasteiger partial charge in [0.25, 0.3) is 0 Å². The highest BCUT2D eigenvalue weighted by Gasteiger charge is 2.27. The highest BCUT2D eigenvalue weighted by molar-refractivity contribution is 6.00. The number of ketones is 1. The van der Waals surface area contributed by atoms with Crippen molar-refractivity contribution in [2.45, 2.75) is 32.2 Å². The Kier molecular flexibility index (Phi) is 6.26. The Morgan fingerprint density at radius 1 is 1.32 bits per heavy atom. The molecule has 2 rings (SSSR count). The molecule has 1 aliphatic heterocycles. The highest BCUT2D eigenvalue weighted by Crippen LogP contribution is 2.19. The minimum Gasteiger partial charge on any atom is -0.293 e. The third kappa shape index (κ3) is 3.92. The van der Waals surface area contributed by atoms with E-state index in [1.54, 1.807) is 0 Å². The van der Waals surface area contributed by atoms with Crippen LogP contribution in [0.2, 0.25) is 0 Å². The molecule has 0 radical (unpaired) electrons. The van der Waals surface area contributed by atoms with Crippen LogP contribution >= 0.6 is 12.4 Å². The van der Waals surface area contributed by atoms with Crippen molar-refractivity contribution < 1.29 is 4.79 Å². The van der Waals surface area contributed by atoms with Crippen molar-refractivity contribution >= 4 is 18.2 Å². The number of halogens is 1. The predicted octanol–water partition coefficient (Wildman–Crippen LogP) is 3.64. The van der Waals surface area contributed by atoms with Gasteiger partial charge in [-0.2, -0.15) is 0 Å². The van der Waals surface area contributed by atoms with Crippen molar-refractivity contribution in [1.29, 1.82) is 0 Å². The first kappa shape index (κ1) is 15.9. The molecule has 0 bridgehead atoms. The minimum atomic E-state index is -0.0206. The van der Waals surface area contributed by atoms with E-state index in [1.165, 1.54) is 18.4 Å². The van der Waals surface area contributed by atoms with Crippen LogP contribution in [0.5, 0.6) is 0 Å². The molecule has 0 saturated carbocycles. The summed E-state index contributed by atoms with van der Waals surface area (Å²) in [6.07, 6.45) is 5.01. The monoisotopic (exact) mass is 279 g/mol. The maximum Gasteiger partial charge on any atom is 0.180 e. The van der Waals surface area contributed by atoms with Gasteiger partial charge >= 0.3 is 0 Å². The third-order valence-electron chi connectivity index (χ3n) is 3.61. The summed E-state index contributed by atoms with van der Waals surface area (Å²) in [7, 11) is 0. The lowest BCUT2D eigenvalue weighted by atomic mass is 9.99. The minimum absolute atomic E-state index is 0. The number of nitrogens with zero attached hydrogens (tertiary/aromatic N) is 1. The summed E-state index contributed by atoms with van der Waals surface area (Å²) in [6.45, 7) is 7.90. The fourth-order valence-corrected chi connectivity index (χ4v) is 2.54. The van der Waals surface area contributed by atoms with E-state index in [2.05, 4.69) is 11.5 Å². The fraction of sp³-hybridized carbons (Fsp3) is 0.438. The number of Topliss-reactive ketones (excluding diaryl/α,β-unsaturated/α-hetero) is 1. The van der Waals surface area contributed by atoms with Crippen LogP contribution in [0, 0.1) is 6.92 Å². The van der Waals surface area contributed by atoms with Crippen LogP contribution in [0.4, 0.5) is 0 Å². The zero-order chi connectivity index (χ0) is 13.0. The van der Waals surface area contributed by atoms with Gasteiger partial charge in [0.1, 0.15) is 0 Å². The van der Waals surface area contributed by atoms with E-state index in [9.17, 15) is 4.79 Å². The molecule has 0 spiro atoms. The number of benzene rings is 1. The van der Waals surface area contributed by atoms with E-state index in [1.807, 2.05) is 37.3 Å². The third-order valence-corrected chi connectivity index (χ3v) is 3.61. The number of aryl methyl sites for hydroxylation is 1. The summed E-state index contributed by atoms with van der Waals surface area (Å²) in [4.78, 5) is 14.8. The van der Waals surface area contributed by atoms with E-state index >= 15 is 0 Å². The number of rotatable bonds is 5. The highest BCUT2D eigenvalue weighted by atomic mass is 35.5. The lowest BCUT2D eigenvalue weighted by molar-refractivity contribution is 0.0851. The standard InChI is InChI=1S/C16H21NO.ClH/c1-3-6-15(17-11-4-5-12-17)16(18)14-9-7-13(2)8-10-14;/h3,7-10,15H,1,4-6,11-12H2,2H3;1H. The molecule has 104 valence electrons. The second-order valence-electron chi connectivity index (χ2n) is 5.01.